The molecule has 21 heavy (non-hydrogen) atoms. The zero-order valence-corrected chi connectivity index (χ0v) is 12.4. The SMILES string of the molecule is c1ccc(COCC2(c3ccccc3)CCNCC2)cc1. The summed E-state index contributed by atoms with van der Waals surface area (Å²) in [7, 11) is 0. The summed E-state index contributed by atoms with van der Waals surface area (Å²) in [5.74, 6) is 0. The van der Waals surface area contributed by atoms with Crippen LogP contribution in [0.4, 0.5) is 0 Å². The molecule has 2 nitrogen and oxygen atoms in total. The molecule has 110 valence electrons. The largest absolute Gasteiger partial charge is 0.376 e. The van der Waals surface area contributed by atoms with Crippen molar-refractivity contribution in [2.24, 2.45) is 0 Å². The maximum absolute atomic E-state index is 6.09. The van der Waals surface area contributed by atoms with Gasteiger partial charge in [-0.1, -0.05) is 60.7 Å². The second-order valence-electron chi connectivity index (χ2n) is 5.87. The fourth-order valence-electron chi connectivity index (χ4n) is 3.15. The lowest BCUT2D eigenvalue weighted by Gasteiger charge is -2.38. The van der Waals surface area contributed by atoms with E-state index in [1.165, 1.54) is 11.1 Å². The smallest absolute Gasteiger partial charge is 0.0717 e. The fraction of sp³-hybridized carbons (Fsp3) is 0.368. The standard InChI is InChI=1S/C19H23NO/c1-3-7-17(8-4-1)15-21-16-19(11-13-20-14-12-19)18-9-5-2-6-10-18/h1-10,20H,11-16H2. The molecule has 1 saturated heterocycles. The van der Waals surface area contributed by atoms with Gasteiger partial charge in [0.1, 0.15) is 0 Å². The van der Waals surface area contributed by atoms with Crippen LogP contribution in [-0.2, 0) is 16.8 Å². The Morgan fingerprint density at radius 3 is 2.14 bits per heavy atom. The molecule has 1 heterocycles. The van der Waals surface area contributed by atoms with Gasteiger partial charge >= 0.3 is 0 Å². The van der Waals surface area contributed by atoms with Gasteiger partial charge in [0.15, 0.2) is 0 Å². The Morgan fingerprint density at radius 2 is 1.48 bits per heavy atom. The first-order valence-electron chi connectivity index (χ1n) is 7.77. The molecule has 0 aliphatic carbocycles. The first-order valence-corrected chi connectivity index (χ1v) is 7.77. The van der Waals surface area contributed by atoms with Crippen molar-refractivity contribution in [1.29, 1.82) is 0 Å². The van der Waals surface area contributed by atoms with Gasteiger partial charge in [-0.3, -0.25) is 0 Å². The van der Waals surface area contributed by atoms with E-state index in [-0.39, 0.29) is 5.41 Å². The predicted octanol–water partition coefficient (Wildman–Crippen LogP) is 3.52. The lowest BCUT2D eigenvalue weighted by Crippen LogP contribution is -2.43. The second kappa shape index (κ2) is 6.88. The first kappa shape index (κ1) is 14.3. The van der Waals surface area contributed by atoms with Crippen molar-refractivity contribution >= 4 is 0 Å². The molecule has 1 aliphatic rings. The average molecular weight is 281 g/mol. The summed E-state index contributed by atoms with van der Waals surface area (Å²) in [5, 5.41) is 3.46. The number of piperidine rings is 1. The van der Waals surface area contributed by atoms with Crippen molar-refractivity contribution in [2.75, 3.05) is 19.7 Å². The maximum atomic E-state index is 6.09. The van der Waals surface area contributed by atoms with E-state index in [1.54, 1.807) is 0 Å². The Morgan fingerprint density at radius 1 is 0.857 bits per heavy atom. The van der Waals surface area contributed by atoms with Crippen molar-refractivity contribution < 1.29 is 4.74 Å². The highest BCUT2D eigenvalue weighted by molar-refractivity contribution is 5.26. The van der Waals surface area contributed by atoms with Gasteiger partial charge in [0.05, 0.1) is 13.2 Å². The van der Waals surface area contributed by atoms with Crippen LogP contribution in [0.2, 0.25) is 0 Å². The van der Waals surface area contributed by atoms with Gasteiger partial charge in [-0.05, 0) is 37.1 Å². The maximum Gasteiger partial charge on any atom is 0.0717 e. The van der Waals surface area contributed by atoms with Gasteiger partial charge in [0.25, 0.3) is 0 Å². The van der Waals surface area contributed by atoms with Gasteiger partial charge in [0.2, 0.25) is 0 Å². The molecule has 0 bridgehead atoms. The van der Waals surface area contributed by atoms with Gasteiger partial charge in [0, 0.05) is 5.41 Å². The molecule has 0 saturated carbocycles. The highest BCUT2D eigenvalue weighted by atomic mass is 16.5. The van der Waals surface area contributed by atoms with Crippen molar-refractivity contribution in [3.63, 3.8) is 0 Å². The number of hydrogen-bond donors (Lipinski definition) is 1. The van der Waals surface area contributed by atoms with Gasteiger partial charge in [-0.2, -0.15) is 0 Å². The van der Waals surface area contributed by atoms with Gasteiger partial charge < -0.3 is 10.1 Å². The lowest BCUT2D eigenvalue weighted by atomic mass is 9.74. The van der Waals surface area contributed by atoms with E-state index in [9.17, 15) is 0 Å². The van der Waals surface area contributed by atoms with Crippen molar-refractivity contribution in [2.45, 2.75) is 24.9 Å². The van der Waals surface area contributed by atoms with Gasteiger partial charge in [-0.15, -0.1) is 0 Å². The summed E-state index contributed by atoms with van der Waals surface area (Å²) in [6, 6.07) is 21.3. The van der Waals surface area contributed by atoms with E-state index in [0.29, 0.717) is 6.61 Å². The number of ether oxygens (including phenoxy) is 1. The van der Waals surface area contributed by atoms with Crippen molar-refractivity contribution in [3.8, 4) is 0 Å². The average Bonchev–Trinajstić information content (AvgIpc) is 2.58. The van der Waals surface area contributed by atoms with Crippen LogP contribution in [0, 0.1) is 0 Å². The highest BCUT2D eigenvalue weighted by Gasteiger charge is 2.33. The van der Waals surface area contributed by atoms with Crippen LogP contribution >= 0.6 is 0 Å². The van der Waals surface area contributed by atoms with E-state index in [0.717, 1.165) is 32.5 Å². The van der Waals surface area contributed by atoms with Gasteiger partial charge in [-0.25, -0.2) is 0 Å². The molecule has 2 heteroatoms. The first-order chi connectivity index (χ1) is 10.4. The topological polar surface area (TPSA) is 21.3 Å². The minimum atomic E-state index is 0.168. The monoisotopic (exact) mass is 281 g/mol. The summed E-state index contributed by atoms with van der Waals surface area (Å²) >= 11 is 0. The Kier molecular flexibility index (Phi) is 4.69. The quantitative estimate of drug-likeness (QED) is 0.905. The van der Waals surface area contributed by atoms with Crippen LogP contribution in [0.1, 0.15) is 24.0 Å². The van der Waals surface area contributed by atoms with E-state index in [1.807, 2.05) is 6.07 Å². The molecule has 0 atom stereocenters. The molecule has 0 amide bonds. The van der Waals surface area contributed by atoms with E-state index in [2.05, 4.69) is 59.9 Å². The Balaban J connectivity index is 1.68. The van der Waals surface area contributed by atoms with Crippen molar-refractivity contribution in [1.82, 2.24) is 5.32 Å². The molecular weight excluding hydrogens is 258 g/mol. The third-order valence-corrected chi connectivity index (χ3v) is 4.44. The normalized spacial score (nSPS) is 17.5. The van der Waals surface area contributed by atoms with Crippen LogP contribution in [0.3, 0.4) is 0 Å². The summed E-state index contributed by atoms with van der Waals surface area (Å²) in [6.45, 7) is 3.64. The van der Waals surface area contributed by atoms with Crippen LogP contribution < -0.4 is 5.32 Å². The number of nitrogens with one attached hydrogen (secondary N) is 1. The Bertz CT molecular complexity index is 532. The minimum Gasteiger partial charge on any atom is -0.376 e. The third-order valence-electron chi connectivity index (χ3n) is 4.44. The Hall–Kier alpha value is -1.64. The number of rotatable bonds is 5. The predicted molar refractivity (Wildman–Crippen MR) is 86.3 cm³/mol. The van der Waals surface area contributed by atoms with E-state index in [4.69, 9.17) is 4.74 Å². The lowest BCUT2D eigenvalue weighted by molar-refractivity contribution is 0.0565. The fourth-order valence-corrected chi connectivity index (χ4v) is 3.15. The van der Waals surface area contributed by atoms with Crippen LogP contribution in [0.15, 0.2) is 60.7 Å². The molecule has 0 spiro atoms. The molecule has 0 radical (unpaired) electrons. The molecule has 0 aromatic heterocycles. The molecule has 1 N–H and O–H groups in total. The molecule has 1 fully saturated rings. The zero-order chi connectivity index (χ0) is 14.4. The van der Waals surface area contributed by atoms with E-state index >= 15 is 0 Å². The molecule has 3 rings (SSSR count). The third kappa shape index (κ3) is 3.52. The zero-order valence-electron chi connectivity index (χ0n) is 12.4. The summed E-state index contributed by atoms with van der Waals surface area (Å²) in [6.07, 6.45) is 2.29. The summed E-state index contributed by atoms with van der Waals surface area (Å²) in [4.78, 5) is 0. The molecule has 2 aromatic carbocycles. The minimum absolute atomic E-state index is 0.168. The molecular formula is C19H23NO. The van der Waals surface area contributed by atoms with Crippen LogP contribution in [0.5, 0.6) is 0 Å². The highest BCUT2D eigenvalue weighted by Crippen LogP contribution is 2.34. The van der Waals surface area contributed by atoms with Crippen LogP contribution in [-0.4, -0.2) is 19.7 Å². The number of benzene rings is 2. The molecule has 1 aliphatic heterocycles. The summed E-state index contributed by atoms with van der Waals surface area (Å²) < 4.78 is 6.09. The molecule has 2 aromatic rings. The molecule has 0 unspecified atom stereocenters. The number of hydrogen-bond acceptors (Lipinski definition) is 2. The van der Waals surface area contributed by atoms with E-state index < -0.39 is 0 Å². The second-order valence-corrected chi connectivity index (χ2v) is 5.87. The van der Waals surface area contributed by atoms with Crippen molar-refractivity contribution in [3.05, 3.63) is 71.8 Å². The Labute approximate surface area is 127 Å². The summed E-state index contributed by atoms with van der Waals surface area (Å²) in [5.41, 5.74) is 2.83. The van der Waals surface area contributed by atoms with Crippen LogP contribution in [0.25, 0.3) is 0 Å².